The average molecular weight is 301 g/mol. The molecule has 0 aliphatic heterocycles. The highest BCUT2D eigenvalue weighted by molar-refractivity contribution is 7.89. The van der Waals surface area contributed by atoms with E-state index in [9.17, 15) is 13.2 Å². The highest BCUT2D eigenvalue weighted by Crippen LogP contribution is 2.28. The third kappa shape index (κ3) is 4.04. The number of carboxylic acid groups (broad SMARTS) is 1. The molecular formula is C12H19N3O4S. The topological polar surface area (TPSA) is 101 Å². The van der Waals surface area contributed by atoms with Crippen LogP contribution in [0, 0.1) is 5.92 Å². The summed E-state index contributed by atoms with van der Waals surface area (Å²) in [6, 6.07) is 0. The Morgan fingerprint density at radius 3 is 2.85 bits per heavy atom. The number of hydrogen-bond donors (Lipinski definition) is 2. The van der Waals surface area contributed by atoms with Crippen LogP contribution in [-0.2, 0) is 21.4 Å². The summed E-state index contributed by atoms with van der Waals surface area (Å²) in [6.07, 6.45) is 7.00. The van der Waals surface area contributed by atoms with Crippen LogP contribution in [0.3, 0.4) is 0 Å². The molecule has 20 heavy (non-hydrogen) atoms. The van der Waals surface area contributed by atoms with Gasteiger partial charge in [0, 0.05) is 12.7 Å². The van der Waals surface area contributed by atoms with Gasteiger partial charge in [-0.3, -0.25) is 9.48 Å². The van der Waals surface area contributed by atoms with Crippen molar-refractivity contribution in [2.24, 2.45) is 5.92 Å². The fraction of sp³-hybridized carbons (Fsp3) is 0.667. The molecule has 1 aromatic heterocycles. The summed E-state index contributed by atoms with van der Waals surface area (Å²) in [5, 5.41) is 12.4. The predicted octanol–water partition coefficient (Wildman–Crippen LogP) is 0.826. The molecule has 0 aromatic carbocycles. The number of nitrogens with one attached hydrogen (secondary N) is 1. The molecule has 1 aromatic rings. The van der Waals surface area contributed by atoms with Crippen molar-refractivity contribution in [3.63, 3.8) is 0 Å². The number of nitrogens with zero attached hydrogens (tertiary/aromatic N) is 2. The van der Waals surface area contributed by atoms with Crippen LogP contribution in [-0.4, -0.2) is 35.8 Å². The number of hydrogen-bond acceptors (Lipinski definition) is 4. The van der Waals surface area contributed by atoms with Crippen LogP contribution in [0.25, 0.3) is 0 Å². The van der Waals surface area contributed by atoms with Crippen molar-refractivity contribution in [2.75, 3.05) is 6.54 Å². The van der Waals surface area contributed by atoms with Crippen LogP contribution >= 0.6 is 0 Å². The minimum atomic E-state index is -3.54. The van der Waals surface area contributed by atoms with Gasteiger partial charge < -0.3 is 5.11 Å². The van der Waals surface area contributed by atoms with Gasteiger partial charge >= 0.3 is 5.97 Å². The van der Waals surface area contributed by atoms with Gasteiger partial charge in [0.05, 0.1) is 19.2 Å². The first-order valence-electron chi connectivity index (χ1n) is 6.71. The standard InChI is InChI=1S/C12H19N3O4S/c16-12(17)5-7-15-9-11(8-13-15)20(18,19)14-6-4-10-2-1-3-10/h8-10,14H,1-7H2,(H,16,17). The Balaban J connectivity index is 1.86. The third-order valence-corrected chi connectivity index (χ3v) is 4.96. The van der Waals surface area contributed by atoms with E-state index < -0.39 is 16.0 Å². The Morgan fingerprint density at radius 1 is 1.50 bits per heavy atom. The first-order valence-corrected chi connectivity index (χ1v) is 8.19. The molecule has 0 unspecified atom stereocenters. The maximum atomic E-state index is 12.0. The molecule has 0 atom stereocenters. The van der Waals surface area contributed by atoms with E-state index in [4.69, 9.17) is 5.11 Å². The van der Waals surface area contributed by atoms with Crippen LogP contribution < -0.4 is 4.72 Å². The molecule has 0 radical (unpaired) electrons. The fourth-order valence-electron chi connectivity index (χ4n) is 2.08. The summed E-state index contributed by atoms with van der Waals surface area (Å²) in [5.41, 5.74) is 0. The molecule has 0 amide bonds. The molecule has 1 saturated carbocycles. The molecule has 1 aliphatic carbocycles. The molecule has 2 rings (SSSR count). The number of rotatable bonds is 8. The summed E-state index contributed by atoms with van der Waals surface area (Å²) in [5.74, 6) is -0.292. The van der Waals surface area contributed by atoms with Gasteiger partial charge in [-0.1, -0.05) is 19.3 Å². The number of carbonyl (C=O) groups is 1. The minimum absolute atomic E-state index is 0.0801. The van der Waals surface area contributed by atoms with Crippen molar-refractivity contribution >= 4 is 16.0 Å². The molecule has 7 nitrogen and oxygen atoms in total. The lowest BCUT2D eigenvalue weighted by atomic mass is 9.83. The zero-order chi connectivity index (χ0) is 14.6. The van der Waals surface area contributed by atoms with Crippen LogP contribution in [0.1, 0.15) is 32.1 Å². The van der Waals surface area contributed by atoms with Crippen molar-refractivity contribution in [3.8, 4) is 0 Å². The Morgan fingerprint density at radius 2 is 2.25 bits per heavy atom. The maximum Gasteiger partial charge on any atom is 0.305 e. The van der Waals surface area contributed by atoms with E-state index in [1.54, 1.807) is 0 Å². The molecule has 1 aliphatic rings. The minimum Gasteiger partial charge on any atom is -0.481 e. The smallest absolute Gasteiger partial charge is 0.305 e. The van der Waals surface area contributed by atoms with Crippen LogP contribution in [0.4, 0.5) is 0 Å². The molecule has 0 bridgehead atoms. The monoisotopic (exact) mass is 301 g/mol. The zero-order valence-corrected chi connectivity index (χ0v) is 12.0. The number of aliphatic carboxylic acids is 1. The summed E-state index contributed by atoms with van der Waals surface area (Å²) >= 11 is 0. The van der Waals surface area contributed by atoms with Crippen LogP contribution in [0.2, 0.25) is 0 Å². The summed E-state index contributed by atoms with van der Waals surface area (Å²) in [4.78, 5) is 10.5. The van der Waals surface area contributed by atoms with Gasteiger partial charge in [0.1, 0.15) is 4.90 Å². The van der Waals surface area contributed by atoms with Gasteiger partial charge in [-0.15, -0.1) is 0 Å². The lowest BCUT2D eigenvalue weighted by Crippen LogP contribution is -2.27. The molecule has 112 valence electrons. The first-order chi connectivity index (χ1) is 9.47. The number of sulfonamides is 1. The molecular weight excluding hydrogens is 282 g/mol. The lowest BCUT2D eigenvalue weighted by molar-refractivity contribution is -0.137. The molecule has 1 fully saturated rings. The SMILES string of the molecule is O=C(O)CCn1cc(S(=O)(=O)NCCC2CCC2)cn1. The van der Waals surface area contributed by atoms with E-state index in [2.05, 4.69) is 9.82 Å². The summed E-state index contributed by atoms with van der Waals surface area (Å²) in [7, 11) is -3.54. The van der Waals surface area contributed by atoms with Gasteiger partial charge in [-0.25, -0.2) is 13.1 Å². The Labute approximate surface area is 118 Å². The van der Waals surface area contributed by atoms with E-state index in [0.717, 1.165) is 6.42 Å². The second-order valence-electron chi connectivity index (χ2n) is 5.07. The second kappa shape index (κ2) is 6.36. The van der Waals surface area contributed by atoms with Gasteiger partial charge in [-0.2, -0.15) is 5.10 Å². The van der Waals surface area contributed by atoms with Crippen molar-refractivity contribution in [3.05, 3.63) is 12.4 Å². The molecule has 0 spiro atoms. The maximum absolute atomic E-state index is 12.0. The highest BCUT2D eigenvalue weighted by Gasteiger charge is 2.20. The van der Waals surface area contributed by atoms with E-state index in [1.165, 1.54) is 36.3 Å². The normalized spacial score (nSPS) is 16.0. The Bertz CT molecular complexity index is 563. The third-order valence-electron chi connectivity index (χ3n) is 3.54. The van der Waals surface area contributed by atoms with Crippen molar-refractivity contribution in [2.45, 2.75) is 43.5 Å². The van der Waals surface area contributed by atoms with E-state index in [1.807, 2.05) is 0 Å². The molecule has 2 N–H and O–H groups in total. The lowest BCUT2D eigenvalue weighted by Gasteiger charge is -2.24. The number of aryl methyl sites for hydroxylation is 1. The predicted molar refractivity (Wildman–Crippen MR) is 71.6 cm³/mol. The summed E-state index contributed by atoms with van der Waals surface area (Å²) < 4.78 is 27.9. The quantitative estimate of drug-likeness (QED) is 0.740. The second-order valence-corrected chi connectivity index (χ2v) is 6.83. The number of carboxylic acids is 1. The largest absolute Gasteiger partial charge is 0.481 e. The average Bonchev–Trinajstić information content (AvgIpc) is 2.79. The van der Waals surface area contributed by atoms with E-state index >= 15 is 0 Å². The van der Waals surface area contributed by atoms with Gasteiger partial charge in [0.15, 0.2) is 0 Å². The molecule has 1 heterocycles. The summed E-state index contributed by atoms with van der Waals surface area (Å²) in [6.45, 7) is 0.597. The van der Waals surface area contributed by atoms with E-state index in [-0.39, 0.29) is 17.9 Å². The Hall–Kier alpha value is -1.41. The first kappa shape index (κ1) is 15.0. The Kier molecular flexibility index (Phi) is 4.77. The fourth-order valence-corrected chi connectivity index (χ4v) is 3.08. The van der Waals surface area contributed by atoms with Gasteiger partial charge in [0.2, 0.25) is 10.0 Å². The van der Waals surface area contributed by atoms with Crippen molar-refractivity contribution in [1.29, 1.82) is 0 Å². The van der Waals surface area contributed by atoms with Crippen molar-refractivity contribution in [1.82, 2.24) is 14.5 Å². The van der Waals surface area contributed by atoms with Gasteiger partial charge in [0.25, 0.3) is 0 Å². The molecule has 0 saturated heterocycles. The van der Waals surface area contributed by atoms with E-state index in [0.29, 0.717) is 12.5 Å². The van der Waals surface area contributed by atoms with Crippen LogP contribution in [0.5, 0.6) is 0 Å². The zero-order valence-electron chi connectivity index (χ0n) is 11.2. The van der Waals surface area contributed by atoms with Crippen molar-refractivity contribution < 1.29 is 18.3 Å². The highest BCUT2D eigenvalue weighted by atomic mass is 32.2. The van der Waals surface area contributed by atoms with Gasteiger partial charge in [-0.05, 0) is 12.3 Å². The molecule has 8 heteroatoms. The van der Waals surface area contributed by atoms with Crippen LogP contribution in [0.15, 0.2) is 17.3 Å². The number of aromatic nitrogens is 2.